The predicted octanol–water partition coefficient (Wildman–Crippen LogP) is 14.2. The molecule has 0 radical (unpaired) electrons. The van der Waals surface area contributed by atoms with E-state index in [0.29, 0.717) is 13.0 Å². The Balaban J connectivity index is 4.00. The van der Waals surface area contributed by atoms with E-state index in [2.05, 4.69) is 50.3 Å². The van der Waals surface area contributed by atoms with E-state index < -0.39 is 13.9 Å². The van der Waals surface area contributed by atoms with Gasteiger partial charge in [0.05, 0.1) is 19.8 Å². The molecule has 0 aliphatic heterocycles. The first-order chi connectivity index (χ1) is 27.4. The van der Waals surface area contributed by atoms with Gasteiger partial charge in [-0.2, -0.15) is 0 Å². The van der Waals surface area contributed by atoms with Crippen molar-refractivity contribution in [2.45, 2.75) is 225 Å². The summed E-state index contributed by atoms with van der Waals surface area (Å²) in [6.45, 7) is 4.91. The summed E-state index contributed by atoms with van der Waals surface area (Å²) in [5.74, 6) is -0.340. The molecular weight excluding hydrogens is 721 g/mol. The number of carbonyl (C=O) groups excluding carboxylic acids is 1. The summed E-state index contributed by atoms with van der Waals surface area (Å²) in [6.07, 6.45) is 51.6. The molecule has 8 nitrogen and oxygen atoms in total. The fourth-order valence-electron chi connectivity index (χ4n) is 6.59. The molecule has 330 valence electrons. The van der Waals surface area contributed by atoms with Crippen LogP contribution in [0.2, 0.25) is 0 Å². The molecule has 0 aliphatic carbocycles. The summed E-state index contributed by atoms with van der Waals surface area (Å²) in [5.41, 5.74) is 5.38. The average Bonchev–Trinajstić information content (AvgIpc) is 3.19. The fourth-order valence-corrected chi connectivity index (χ4v) is 7.36. The molecule has 0 aromatic rings. The first-order valence-corrected chi connectivity index (χ1v) is 25.0. The van der Waals surface area contributed by atoms with Crippen molar-refractivity contribution in [3.05, 3.63) is 36.5 Å². The van der Waals surface area contributed by atoms with E-state index >= 15 is 0 Å². The van der Waals surface area contributed by atoms with E-state index in [1.807, 2.05) is 0 Å². The van der Waals surface area contributed by atoms with Gasteiger partial charge in [0.25, 0.3) is 0 Å². The Kier molecular flexibility index (Phi) is 43.8. The molecule has 56 heavy (non-hydrogen) atoms. The van der Waals surface area contributed by atoms with Crippen LogP contribution in [0.25, 0.3) is 0 Å². The molecule has 0 spiro atoms. The van der Waals surface area contributed by atoms with E-state index in [4.69, 9.17) is 24.3 Å². The number of allylic oxidation sites excluding steroid dienone is 6. The van der Waals surface area contributed by atoms with Crippen LogP contribution in [-0.4, -0.2) is 49.9 Å². The Labute approximate surface area is 346 Å². The standard InChI is InChI=1S/C47H90NO7P/c1-3-5-7-9-11-13-15-17-19-21-23-24-26-28-30-32-34-36-38-40-47(49)55-46(45-54-56(50,51)53-43-41-48)44-52-42-39-37-35-33-31-29-27-25-22-20-18-16-14-12-10-8-6-4-2/h11,13,17,19,23-24,46H,3-10,12,14-16,18,20-22,25-45,48H2,1-2H3,(H,50,51)/b13-11-,19-17-,24-23-. The zero-order valence-electron chi connectivity index (χ0n) is 36.6. The van der Waals surface area contributed by atoms with Crippen LogP contribution in [0.3, 0.4) is 0 Å². The highest BCUT2D eigenvalue weighted by Crippen LogP contribution is 2.43. The van der Waals surface area contributed by atoms with Crippen molar-refractivity contribution >= 4 is 13.8 Å². The van der Waals surface area contributed by atoms with Crippen LogP contribution in [0.5, 0.6) is 0 Å². The van der Waals surface area contributed by atoms with Crippen molar-refractivity contribution in [1.82, 2.24) is 0 Å². The number of unbranched alkanes of at least 4 members (excludes halogenated alkanes) is 26. The monoisotopic (exact) mass is 812 g/mol. The minimum absolute atomic E-state index is 0.0973. The van der Waals surface area contributed by atoms with Gasteiger partial charge in [0.15, 0.2) is 0 Å². The number of ether oxygens (including phenoxy) is 2. The van der Waals surface area contributed by atoms with Crippen LogP contribution >= 0.6 is 7.82 Å². The van der Waals surface area contributed by atoms with E-state index in [-0.39, 0.29) is 32.3 Å². The van der Waals surface area contributed by atoms with Crippen molar-refractivity contribution in [1.29, 1.82) is 0 Å². The van der Waals surface area contributed by atoms with Crippen LogP contribution in [0, 0.1) is 0 Å². The topological polar surface area (TPSA) is 117 Å². The lowest BCUT2D eigenvalue weighted by Gasteiger charge is -2.20. The number of phosphoric acid groups is 1. The van der Waals surface area contributed by atoms with Crippen LogP contribution < -0.4 is 5.73 Å². The van der Waals surface area contributed by atoms with Gasteiger partial charge in [-0.05, 0) is 51.4 Å². The Morgan fingerprint density at radius 3 is 1.45 bits per heavy atom. The highest BCUT2D eigenvalue weighted by molar-refractivity contribution is 7.47. The highest BCUT2D eigenvalue weighted by Gasteiger charge is 2.25. The molecule has 0 saturated heterocycles. The van der Waals surface area contributed by atoms with Crippen molar-refractivity contribution in [3.8, 4) is 0 Å². The summed E-state index contributed by atoms with van der Waals surface area (Å²) in [6, 6.07) is 0. The molecule has 9 heteroatoms. The lowest BCUT2D eigenvalue weighted by Crippen LogP contribution is -2.28. The summed E-state index contributed by atoms with van der Waals surface area (Å²) in [4.78, 5) is 22.5. The molecule has 0 aromatic carbocycles. The van der Waals surface area contributed by atoms with Crippen LogP contribution in [0.1, 0.15) is 219 Å². The molecule has 0 aliphatic rings. The number of hydrogen-bond acceptors (Lipinski definition) is 7. The van der Waals surface area contributed by atoms with Gasteiger partial charge in [-0.25, -0.2) is 4.57 Å². The summed E-state index contributed by atoms with van der Waals surface area (Å²) < 4.78 is 33.5. The number of carbonyl (C=O) groups is 1. The number of hydrogen-bond donors (Lipinski definition) is 2. The summed E-state index contributed by atoms with van der Waals surface area (Å²) in [5, 5.41) is 0. The minimum Gasteiger partial charge on any atom is -0.457 e. The molecule has 0 aromatic heterocycles. The van der Waals surface area contributed by atoms with Gasteiger partial charge in [-0.15, -0.1) is 0 Å². The van der Waals surface area contributed by atoms with Gasteiger partial charge in [0.1, 0.15) is 6.10 Å². The zero-order chi connectivity index (χ0) is 40.9. The van der Waals surface area contributed by atoms with E-state index in [9.17, 15) is 14.3 Å². The maximum Gasteiger partial charge on any atom is 0.472 e. The van der Waals surface area contributed by atoms with Gasteiger partial charge in [-0.3, -0.25) is 13.8 Å². The van der Waals surface area contributed by atoms with Crippen molar-refractivity contribution < 1.29 is 32.8 Å². The maximum atomic E-state index is 12.6. The van der Waals surface area contributed by atoms with Gasteiger partial charge in [-0.1, -0.05) is 198 Å². The Bertz CT molecular complexity index is 957. The van der Waals surface area contributed by atoms with E-state index in [0.717, 1.165) is 57.8 Å². The summed E-state index contributed by atoms with van der Waals surface area (Å²) >= 11 is 0. The zero-order valence-corrected chi connectivity index (χ0v) is 37.5. The first kappa shape index (κ1) is 54.7. The molecule has 2 atom stereocenters. The molecule has 0 bridgehead atoms. The second-order valence-electron chi connectivity index (χ2n) is 15.6. The largest absolute Gasteiger partial charge is 0.472 e. The van der Waals surface area contributed by atoms with Crippen molar-refractivity contribution in [3.63, 3.8) is 0 Å². The van der Waals surface area contributed by atoms with E-state index in [1.54, 1.807) is 0 Å². The molecule has 2 unspecified atom stereocenters. The molecule has 0 heterocycles. The SMILES string of the molecule is CCCCC/C=C\C/C=C\C/C=C\CCCCCCCCC(=O)OC(COCCCCCCCCCCCCCCCCCCCC)COP(=O)(O)OCCN. The maximum absolute atomic E-state index is 12.6. The summed E-state index contributed by atoms with van der Waals surface area (Å²) in [7, 11) is -4.28. The van der Waals surface area contributed by atoms with Gasteiger partial charge >= 0.3 is 13.8 Å². The average molecular weight is 812 g/mol. The van der Waals surface area contributed by atoms with Gasteiger partial charge in [0.2, 0.25) is 0 Å². The third-order valence-electron chi connectivity index (χ3n) is 10.1. The third kappa shape index (κ3) is 43.8. The van der Waals surface area contributed by atoms with Crippen molar-refractivity contribution in [2.24, 2.45) is 5.73 Å². The molecule has 0 amide bonds. The number of rotatable bonds is 45. The Hall–Kier alpha value is -1.28. The number of nitrogens with two attached hydrogens (primary N) is 1. The Morgan fingerprint density at radius 1 is 0.536 bits per heavy atom. The molecular formula is C47H90NO7P. The second kappa shape index (κ2) is 44.8. The highest BCUT2D eigenvalue weighted by atomic mass is 31.2. The minimum atomic E-state index is -4.28. The second-order valence-corrected chi connectivity index (χ2v) is 17.1. The predicted molar refractivity (Wildman–Crippen MR) is 238 cm³/mol. The third-order valence-corrected chi connectivity index (χ3v) is 11.0. The van der Waals surface area contributed by atoms with E-state index in [1.165, 1.54) is 141 Å². The molecule has 0 fully saturated rings. The van der Waals surface area contributed by atoms with Crippen LogP contribution in [-0.2, 0) is 27.9 Å². The normalized spacial score (nSPS) is 13.7. The number of phosphoric ester groups is 1. The van der Waals surface area contributed by atoms with Crippen molar-refractivity contribution in [2.75, 3.05) is 33.0 Å². The molecule has 3 N–H and O–H groups in total. The van der Waals surface area contributed by atoms with Crippen LogP contribution in [0.4, 0.5) is 0 Å². The van der Waals surface area contributed by atoms with Crippen LogP contribution in [0.15, 0.2) is 36.5 Å². The fraction of sp³-hybridized carbons (Fsp3) is 0.851. The first-order valence-electron chi connectivity index (χ1n) is 23.5. The lowest BCUT2D eigenvalue weighted by molar-refractivity contribution is -0.154. The number of esters is 1. The molecule has 0 saturated carbocycles. The molecule has 0 rings (SSSR count). The Morgan fingerprint density at radius 2 is 0.946 bits per heavy atom. The smallest absolute Gasteiger partial charge is 0.457 e. The van der Waals surface area contributed by atoms with Gasteiger partial charge in [0, 0.05) is 19.6 Å². The van der Waals surface area contributed by atoms with Gasteiger partial charge < -0.3 is 20.1 Å². The lowest BCUT2D eigenvalue weighted by atomic mass is 10.0. The quantitative estimate of drug-likeness (QED) is 0.0270.